The van der Waals surface area contributed by atoms with Gasteiger partial charge in [-0.2, -0.15) is 26.3 Å². The topological polar surface area (TPSA) is 101 Å². The Morgan fingerprint density at radius 1 is 0.780 bits per heavy atom. The van der Waals surface area contributed by atoms with E-state index in [4.69, 9.17) is 27.9 Å². The largest absolute Gasteiger partial charge is 0.506 e. The molecule has 0 saturated heterocycles. The quantitative estimate of drug-likeness (QED) is 0.345. The average Bonchev–Trinajstić information content (AvgIpc) is 3.68. The Bertz CT molecular complexity index is 1860. The minimum absolute atomic E-state index is 0.00176. The number of phenolic OH excluding ortho intramolecular Hbond substituents is 1. The number of hydrogen-bond acceptors (Lipinski definition) is 8. The van der Waals surface area contributed by atoms with Gasteiger partial charge in [0.1, 0.15) is 34.5 Å². The SMILES string of the molecule is CC(C)COc1cc(N2C(=O)C=C(C(F)(F)F)N3CCN=C32)c(F)cc1Cl.O=C1C=C(C(F)(F)F)N2CCN=C2N1c1cc(O)c(Cl)cc1F. The number of rotatable bonds is 5. The molecule has 0 fully saturated rings. The Morgan fingerprint density at radius 2 is 1.22 bits per heavy atom. The molecule has 0 atom stereocenters. The zero-order valence-electron chi connectivity index (χ0n) is 25.7. The highest BCUT2D eigenvalue weighted by Crippen LogP contribution is 2.40. The molecule has 50 heavy (non-hydrogen) atoms. The third kappa shape index (κ3) is 7.17. The molecule has 0 spiro atoms. The van der Waals surface area contributed by atoms with Crippen LogP contribution in [0.5, 0.6) is 11.5 Å². The molecule has 0 aliphatic carbocycles. The summed E-state index contributed by atoms with van der Waals surface area (Å²) in [6.45, 7) is 4.03. The molecule has 2 aromatic rings. The van der Waals surface area contributed by atoms with E-state index in [0.717, 1.165) is 32.9 Å². The molecule has 0 bridgehead atoms. The number of aliphatic imine (C=N–C) groups is 2. The number of ether oxygens (including phenoxy) is 1. The second kappa shape index (κ2) is 13.6. The number of amides is 2. The van der Waals surface area contributed by atoms with Crippen molar-refractivity contribution in [3.05, 3.63) is 69.5 Å². The van der Waals surface area contributed by atoms with Crippen molar-refractivity contribution in [3.63, 3.8) is 0 Å². The van der Waals surface area contributed by atoms with Crippen molar-refractivity contribution in [3.8, 4) is 11.5 Å². The first-order valence-electron chi connectivity index (χ1n) is 14.5. The summed E-state index contributed by atoms with van der Waals surface area (Å²) >= 11 is 11.5. The summed E-state index contributed by atoms with van der Waals surface area (Å²) in [5.41, 5.74) is -2.98. The minimum Gasteiger partial charge on any atom is -0.506 e. The van der Waals surface area contributed by atoms with Crippen molar-refractivity contribution in [1.82, 2.24) is 9.80 Å². The first-order valence-corrected chi connectivity index (χ1v) is 15.2. The van der Waals surface area contributed by atoms with Crippen LogP contribution in [0.15, 0.2) is 57.8 Å². The number of aromatic hydroxyl groups is 1. The molecular weight excluding hydrogens is 731 g/mol. The fraction of sp³-hybridized carbons (Fsp3) is 0.333. The van der Waals surface area contributed by atoms with Crippen LogP contribution in [-0.4, -0.2) is 83.8 Å². The zero-order chi connectivity index (χ0) is 36.9. The zero-order valence-corrected chi connectivity index (χ0v) is 27.2. The third-order valence-corrected chi connectivity index (χ3v) is 7.83. The summed E-state index contributed by atoms with van der Waals surface area (Å²) in [6, 6.07) is 3.79. The van der Waals surface area contributed by atoms with E-state index in [-0.39, 0.29) is 65.5 Å². The minimum atomic E-state index is -4.74. The van der Waals surface area contributed by atoms with E-state index in [2.05, 4.69) is 9.98 Å². The highest BCUT2D eigenvalue weighted by atomic mass is 35.5. The summed E-state index contributed by atoms with van der Waals surface area (Å²) in [7, 11) is 0. The summed E-state index contributed by atoms with van der Waals surface area (Å²) in [5.74, 6) is -4.83. The highest BCUT2D eigenvalue weighted by molar-refractivity contribution is 6.33. The number of anilines is 2. The summed E-state index contributed by atoms with van der Waals surface area (Å²) in [4.78, 5) is 35.4. The first-order chi connectivity index (χ1) is 23.3. The van der Waals surface area contributed by atoms with Crippen molar-refractivity contribution in [2.45, 2.75) is 26.2 Å². The molecule has 4 aliphatic heterocycles. The molecule has 4 heterocycles. The summed E-state index contributed by atoms with van der Waals surface area (Å²) < 4.78 is 113. The lowest BCUT2D eigenvalue weighted by atomic mass is 10.2. The molecule has 0 unspecified atom stereocenters. The van der Waals surface area contributed by atoms with Gasteiger partial charge < -0.3 is 19.6 Å². The number of phenols is 1. The Balaban J connectivity index is 0.000000197. The number of fused-ring (bicyclic) bond motifs is 2. The van der Waals surface area contributed by atoms with Crippen LogP contribution in [0.4, 0.5) is 46.5 Å². The number of carbonyl (C=O) groups is 2. The number of alkyl halides is 6. The van der Waals surface area contributed by atoms with Crippen LogP contribution in [0.1, 0.15) is 13.8 Å². The van der Waals surface area contributed by atoms with Crippen LogP contribution < -0.4 is 14.5 Å². The van der Waals surface area contributed by atoms with E-state index in [1.807, 2.05) is 13.8 Å². The maximum Gasteiger partial charge on any atom is 0.431 e. The number of benzene rings is 2. The molecule has 0 radical (unpaired) electrons. The smallest absolute Gasteiger partial charge is 0.431 e. The summed E-state index contributed by atoms with van der Waals surface area (Å²) in [6.07, 6.45) is -8.66. The van der Waals surface area contributed by atoms with Gasteiger partial charge in [-0.05, 0) is 18.1 Å². The van der Waals surface area contributed by atoms with Gasteiger partial charge in [0, 0.05) is 37.4 Å². The Morgan fingerprint density at radius 3 is 1.66 bits per heavy atom. The van der Waals surface area contributed by atoms with Crippen molar-refractivity contribution >= 4 is 58.3 Å². The normalized spacial score (nSPS) is 17.6. The van der Waals surface area contributed by atoms with Gasteiger partial charge in [-0.25, -0.2) is 18.6 Å². The van der Waals surface area contributed by atoms with Gasteiger partial charge in [-0.3, -0.25) is 19.6 Å². The number of hydrogen-bond donors (Lipinski definition) is 1. The predicted molar refractivity (Wildman–Crippen MR) is 166 cm³/mol. The van der Waals surface area contributed by atoms with Gasteiger partial charge in [0.05, 0.1) is 41.1 Å². The van der Waals surface area contributed by atoms with Gasteiger partial charge in [0.25, 0.3) is 11.8 Å². The molecule has 0 saturated carbocycles. The second-order valence-corrected chi connectivity index (χ2v) is 12.1. The predicted octanol–water partition coefficient (Wildman–Crippen LogP) is 6.63. The maximum absolute atomic E-state index is 14.5. The van der Waals surface area contributed by atoms with Gasteiger partial charge in [-0.1, -0.05) is 37.0 Å². The lowest BCUT2D eigenvalue weighted by molar-refractivity contribution is -0.119. The first kappa shape index (κ1) is 36.7. The van der Waals surface area contributed by atoms with Crippen molar-refractivity contribution in [2.24, 2.45) is 15.9 Å². The fourth-order valence-electron chi connectivity index (χ4n) is 5.10. The summed E-state index contributed by atoms with van der Waals surface area (Å²) in [5, 5.41) is 9.29. The van der Waals surface area contributed by atoms with Gasteiger partial charge >= 0.3 is 12.4 Å². The van der Waals surface area contributed by atoms with Gasteiger partial charge in [0.2, 0.25) is 11.9 Å². The van der Waals surface area contributed by atoms with E-state index in [9.17, 15) is 49.8 Å². The Hall–Kier alpha value is -4.58. The molecule has 2 aromatic carbocycles. The number of halogens is 10. The van der Waals surface area contributed by atoms with Crippen LogP contribution in [-0.2, 0) is 9.59 Å². The van der Waals surface area contributed by atoms with Crippen LogP contribution in [0.25, 0.3) is 0 Å². The van der Waals surface area contributed by atoms with Crippen molar-refractivity contribution in [2.75, 3.05) is 42.6 Å². The molecule has 6 rings (SSSR count). The van der Waals surface area contributed by atoms with Gasteiger partial charge in [-0.15, -0.1) is 0 Å². The fourth-order valence-corrected chi connectivity index (χ4v) is 5.46. The lowest BCUT2D eigenvalue weighted by Crippen LogP contribution is -2.51. The van der Waals surface area contributed by atoms with Crippen molar-refractivity contribution in [1.29, 1.82) is 0 Å². The van der Waals surface area contributed by atoms with E-state index in [1.54, 1.807) is 0 Å². The average molecular weight is 755 g/mol. The molecule has 1 N–H and O–H groups in total. The van der Waals surface area contributed by atoms with Gasteiger partial charge in [0.15, 0.2) is 0 Å². The molecule has 2 amide bonds. The Labute approximate surface area is 288 Å². The standard InChI is InChI=1S/C17H16ClF4N3O2.C13H8ClF4N3O2/c1-9(2)8-27-13-6-12(11(19)5-10(13)18)25-15(26)7-14(17(20,21)22)24-4-3-23-16(24)25;14-6-3-7(15)8(4-9(6)22)21-11(23)5-10(13(16,17)18)20-2-1-19-12(20)21/h5-7,9H,3-4,8H2,1-2H3;3-5,22H,1-2H2. The van der Waals surface area contributed by atoms with E-state index in [1.165, 1.54) is 6.07 Å². The van der Waals surface area contributed by atoms with E-state index >= 15 is 0 Å². The van der Waals surface area contributed by atoms with E-state index in [0.29, 0.717) is 23.7 Å². The third-order valence-electron chi connectivity index (χ3n) is 7.23. The molecular formula is C30H24Cl2F8N6O4. The maximum atomic E-state index is 14.5. The number of allylic oxidation sites excluding steroid dienone is 2. The van der Waals surface area contributed by atoms with Crippen LogP contribution in [0, 0.1) is 17.6 Å². The molecule has 20 heteroatoms. The van der Waals surface area contributed by atoms with Crippen LogP contribution >= 0.6 is 23.2 Å². The highest BCUT2D eigenvalue weighted by Gasteiger charge is 2.48. The number of nitrogens with zero attached hydrogens (tertiary/aromatic N) is 6. The lowest BCUT2D eigenvalue weighted by Gasteiger charge is -2.35. The van der Waals surface area contributed by atoms with Crippen LogP contribution in [0.3, 0.4) is 0 Å². The number of carbonyl (C=O) groups excluding carboxylic acids is 2. The van der Waals surface area contributed by atoms with E-state index < -0.39 is 58.6 Å². The molecule has 268 valence electrons. The molecule has 4 aliphatic rings. The van der Waals surface area contributed by atoms with Crippen LogP contribution in [0.2, 0.25) is 10.0 Å². The monoisotopic (exact) mass is 754 g/mol. The Kier molecular flexibility index (Phi) is 9.99. The second-order valence-electron chi connectivity index (χ2n) is 11.3. The number of guanidine groups is 2. The molecule has 10 nitrogen and oxygen atoms in total. The van der Waals surface area contributed by atoms with Crippen molar-refractivity contribution < 1.29 is 54.6 Å². The molecule has 0 aromatic heterocycles.